The molecule has 0 saturated carbocycles. The molecule has 0 unspecified atom stereocenters. The maximum absolute atomic E-state index is 11.9. The van der Waals surface area contributed by atoms with Crippen LogP contribution in [0.2, 0.25) is 0 Å². The van der Waals surface area contributed by atoms with E-state index in [1.165, 1.54) is 0 Å². The minimum atomic E-state index is -0.0484. The maximum atomic E-state index is 11.9. The molecule has 1 rings (SSSR count). The average Bonchev–Trinajstić information content (AvgIpc) is 2.42. The second kappa shape index (κ2) is 7.63. The fourth-order valence-corrected chi connectivity index (χ4v) is 1.46. The monoisotopic (exact) mass is 266 g/mol. The maximum Gasteiger partial charge on any atom is 0.260 e. The number of carbonyl (C=O) groups excluding carboxylic acids is 1. The molecule has 0 heterocycles. The zero-order valence-corrected chi connectivity index (χ0v) is 12.0. The van der Waals surface area contributed by atoms with Gasteiger partial charge in [-0.25, -0.2) is 0 Å². The molecule has 0 aliphatic rings. The Hall–Kier alpha value is -1.75. The van der Waals surface area contributed by atoms with Crippen LogP contribution < -0.4 is 9.47 Å². The van der Waals surface area contributed by atoms with E-state index < -0.39 is 0 Å². The Morgan fingerprint density at radius 1 is 1.11 bits per heavy atom. The van der Waals surface area contributed by atoms with Crippen molar-refractivity contribution < 1.29 is 14.3 Å². The molecular formula is C14H22N2O3. The first-order valence-corrected chi connectivity index (χ1v) is 6.19. The van der Waals surface area contributed by atoms with Crippen LogP contribution in [0.5, 0.6) is 11.5 Å². The van der Waals surface area contributed by atoms with Crippen molar-refractivity contribution in [3.8, 4) is 11.5 Å². The summed E-state index contributed by atoms with van der Waals surface area (Å²) in [6, 6.07) is 7.29. The standard InChI is InChI=1S/C14H22N2O3/c1-15(2)9-10-16(3)14(17)11-19-13-8-6-5-7-12(13)18-4/h5-8H,9-11H2,1-4H3. The van der Waals surface area contributed by atoms with Gasteiger partial charge in [0, 0.05) is 20.1 Å². The second-order valence-corrected chi connectivity index (χ2v) is 4.56. The number of para-hydroxylation sites is 2. The van der Waals surface area contributed by atoms with Gasteiger partial charge in [0.15, 0.2) is 18.1 Å². The predicted molar refractivity (Wildman–Crippen MR) is 74.7 cm³/mol. The molecule has 0 aromatic heterocycles. The molecule has 5 heteroatoms. The first-order chi connectivity index (χ1) is 9.04. The highest BCUT2D eigenvalue weighted by atomic mass is 16.5. The van der Waals surface area contributed by atoms with E-state index in [4.69, 9.17) is 9.47 Å². The van der Waals surface area contributed by atoms with Crippen molar-refractivity contribution in [2.24, 2.45) is 0 Å². The number of amides is 1. The van der Waals surface area contributed by atoms with Crippen LogP contribution in [0.1, 0.15) is 0 Å². The quantitative estimate of drug-likeness (QED) is 0.741. The summed E-state index contributed by atoms with van der Waals surface area (Å²) in [6.07, 6.45) is 0. The zero-order valence-electron chi connectivity index (χ0n) is 12.0. The number of carbonyl (C=O) groups is 1. The highest BCUT2D eigenvalue weighted by Crippen LogP contribution is 2.25. The van der Waals surface area contributed by atoms with Crippen molar-refractivity contribution in [3.05, 3.63) is 24.3 Å². The third kappa shape index (κ3) is 5.18. The Kier molecular flexibility index (Phi) is 6.15. The van der Waals surface area contributed by atoms with Gasteiger partial charge < -0.3 is 19.3 Å². The van der Waals surface area contributed by atoms with Crippen LogP contribution in [0.3, 0.4) is 0 Å². The van der Waals surface area contributed by atoms with Gasteiger partial charge in [-0.05, 0) is 26.2 Å². The molecule has 106 valence electrons. The van der Waals surface area contributed by atoms with Crippen LogP contribution in [-0.4, -0.2) is 63.7 Å². The molecule has 0 aliphatic heterocycles. The summed E-state index contributed by atoms with van der Waals surface area (Å²) in [5, 5.41) is 0. The number of rotatable bonds is 7. The minimum absolute atomic E-state index is 0.0182. The molecule has 0 aliphatic carbocycles. The lowest BCUT2D eigenvalue weighted by molar-refractivity contribution is -0.132. The van der Waals surface area contributed by atoms with Crippen LogP contribution in [0.25, 0.3) is 0 Å². The molecule has 1 amide bonds. The van der Waals surface area contributed by atoms with E-state index in [1.54, 1.807) is 31.2 Å². The summed E-state index contributed by atoms with van der Waals surface area (Å²) < 4.78 is 10.6. The summed E-state index contributed by atoms with van der Waals surface area (Å²) in [6.45, 7) is 1.53. The van der Waals surface area contributed by atoms with E-state index in [2.05, 4.69) is 0 Å². The highest BCUT2D eigenvalue weighted by Gasteiger charge is 2.11. The van der Waals surface area contributed by atoms with Crippen molar-refractivity contribution >= 4 is 5.91 Å². The lowest BCUT2D eigenvalue weighted by Crippen LogP contribution is -2.36. The number of hydrogen-bond donors (Lipinski definition) is 0. The number of likely N-dealkylation sites (N-methyl/N-ethyl adjacent to an activating group) is 2. The third-order valence-corrected chi connectivity index (χ3v) is 2.73. The highest BCUT2D eigenvalue weighted by molar-refractivity contribution is 5.77. The van der Waals surface area contributed by atoms with E-state index in [1.807, 2.05) is 31.1 Å². The molecule has 0 saturated heterocycles. The number of hydrogen-bond acceptors (Lipinski definition) is 4. The molecular weight excluding hydrogens is 244 g/mol. The van der Waals surface area contributed by atoms with Gasteiger partial charge in [0.2, 0.25) is 0 Å². The average molecular weight is 266 g/mol. The number of methoxy groups -OCH3 is 1. The van der Waals surface area contributed by atoms with E-state index in [0.717, 1.165) is 6.54 Å². The van der Waals surface area contributed by atoms with Gasteiger partial charge in [-0.1, -0.05) is 12.1 Å². The molecule has 5 nitrogen and oxygen atoms in total. The van der Waals surface area contributed by atoms with Crippen molar-refractivity contribution in [2.75, 3.05) is 47.9 Å². The zero-order chi connectivity index (χ0) is 14.3. The molecule has 0 fully saturated rings. The molecule has 0 N–H and O–H groups in total. The predicted octanol–water partition coefficient (Wildman–Crippen LogP) is 1.09. The van der Waals surface area contributed by atoms with Crippen molar-refractivity contribution in [1.82, 2.24) is 9.80 Å². The Bertz CT molecular complexity index is 407. The smallest absolute Gasteiger partial charge is 0.260 e. The normalized spacial score (nSPS) is 10.4. The van der Waals surface area contributed by atoms with Gasteiger partial charge in [0.1, 0.15) is 0 Å². The summed E-state index contributed by atoms with van der Waals surface area (Å²) in [5.74, 6) is 1.17. The van der Waals surface area contributed by atoms with Crippen LogP contribution in [-0.2, 0) is 4.79 Å². The molecule has 0 bridgehead atoms. The van der Waals surface area contributed by atoms with E-state index in [0.29, 0.717) is 18.0 Å². The van der Waals surface area contributed by atoms with Crippen molar-refractivity contribution in [3.63, 3.8) is 0 Å². The van der Waals surface area contributed by atoms with E-state index >= 15 is 0 Å². The number of ether oxygens (including phenoxy) is 2. The summed E-state index contributed by atoms with van der Waals surface area (Å²) in [4.78, 5) is 15.6. The van der Waals surface area contributed by atoms with Gasteiger partial charge in [0.05, 0.1) is 7.11 Å². The summed E-state index contributed by atoms with van der Waals surface area (Å²) in [5.41, 5.74) is 0. The first kappa shape index (κ1) is 15.3. The second-order valence-electron chi connectivity index (χ2n) is 4.56. The summed E-state index contributed by atoms with van der Waals surface area (Å²) >= 11 is 0. The molecule has 19 heavy (non-hydrogen) atoms. The van der Waals surface area contributed by atoms with Crippen LogP contribution in [0.4, 0.5) is 0 Å². The van der Waals surface area contributed by atoms with Crippen LogP contribution in [0, 0.1) is 0 Å². The Morgan fingerprint density at radius 3 is 2.32 bits per heavy atom. The first-order valence-electron chi connectivity index (χ1n) is 6.19. The van der Waals surface area contributed by atoms with Gasteiger partial charge in [0.25, 0.3) is 5.91 Å². The van der Waals surface area contributed by atoms with Gasteiger partial charge >= 0.3 is 0 Å². The van der Waals surface area contributed by atoms with Crippen molar-refractivity contribution in [1.29, 1.82) is 0 Å². The third-order valence-electron chi connectivity index (χ3n) is 2.73. The minimum Gasteiger partial charge on any atom is -0.493 e. The fourth-order valence-electron chi connectivity index (χ4n) is 1.46. The molecule has 0 radical (unpaired) electrons. The SMILES string of the molecule is COc1ccccc1OCC(=O)N(C)CCN(C)C. The van der Waals surface area contributed by atoms with Crippen LogP contribution >= 0.6 is 0 Å². The molecule has 0 spiro atoms. The molecule has 1 aromatic rings. The number of nitrogens with zero attached hydrogens (tertiary/aromatic N) is 2. The lowest BCUT2D eigenvalue weighted by atomic mass is 10.3. The van der Waals surface area contributed by atoms with Crippen molar-refractivity contribution in [2.45, 2.75) is 0 Å². The topological polar surface area (TPSA) is 42.0 Å². The van der Waals surface area contributed by atoms with E-state index in [-0.39, 0.29) is 12.5 Å². The van der Waals surface area contributed by atoms with Crippen LogP contribution in [0.15, 0.2) is 24.3 Å². The largest absolute Gasteiger partial charge is 0.493 e. The fraction of sp³-hybridized carbons (Fsp3) is 0.500. The Morgan fingerprint density at radius 2 is 1.74 bits per heavy atom. The Labute approximate surface area is 114 Å². The molecule has 1 aromatic carbocycles. The summed E-state index contributed by atoms with van der Waals surface area (Å²) in [7, 11) is 7.30. The van der Waals surface area contributed by atoms with Gasteiger partial charge in [-0.15, -0.1) is 0 Å². The van der Waals surface area contributed by atoms with Gasteiger partial charge in [-0.3, -0.25) is 4.79 Å². The molecule has 0 atom stereocenters. The van der Waals surface area contributed by atoms with E-state index in [9.17, 15) is 4.79 Å². The Balaban J connectivity index is 2.45. The van der Waals surface area contributed by atoms with Gasteiger partial charge in [-0.2, -0.15) is 0 Å². The lowest BCUT2D eigenvalue weighted by Gasteiger charge is -2.20. The number of benzene rings is 1.